The van der Waals surface area contributed by atoms with E-state index in [9.17, 15) is 13.2 Å². The minimum Gasteiger partial charge on any atom is -0.481 e. The molecular weight excluding hydrogens is 653 g/mol. The molecule has 1 aromatic carbocycles. The van der Waals surface area contributed by atoms with Gasteiger partial charge in [-0.3, -0.25) is 4.79 Å². The van der Waals surface area contributed by atoms with Crippen LogP contribution in [0.5, 0.6) is 0 Å². The Kier molecular flexibility index (Phi) is 7.85. The van der Waals surface area contributed by atoms with Crippen LogP contribution in [0.25, 0.3) is 44.5 Å². The maximum Gasteiger partial charge on any atom is 0.416 e. The van der Waals surface area contributed by atoms with Crippen LogP contribution in [-0.2, 0) is 11.0 Å². The third-order valence-electron chi connectivity index (χ3n) is 9.56. The highest BCUT2D eigenvalue weighted by molar-refractivity contribution is 5.95. The number of carboxylic acid groups (broad SMARTS) is 1. The lowest BCUT2D eigenvalue weighted by atomic mass is 9.93. The van der Waals surface area contributed by atoms with E-state index in [1.54, 1.807) is 15.4 Å². The van der Waals surface area contributed by atoms with Gasteiger partial charge in [0, 0.05) is 60.6 Å². The Morgan fingerprint density at radius 3 is 2.30 bits per heavy atom. The van der Waals surface area contributed by atoms with E-state index in [-0.39, 0.29) is 11.8 Å². The molecule has 0 saturated carbocycles. The second-order valence-corrected chi connectivity index (χ2v) is 12.7. The second-order valence-electron chi connectivity index (χ2n) is 12.7. The molecule has 14 nitrogen and oxygen atoms in total. The van der Waals surface area contributed by atoms with E-state index in [0.717, 1.165) is 115 Å². The molecule has 6 aromatic heterocycles. The molecule has 3 N–H and O–H groups in total. The maximum absolute atomic E-state index is 13.4. The molecular formula is C33H33F3N12O2. The van der Waals surface area contributed by atoms with Crippen molar-refractivity contribution in [2.24, 2.45) is 0 Å². The van der Waals surface area contributed by atoms with Gasteiger partial charge in [-0.2, -0.15) is 17.7 Å². The summed E-state index contributed by atoms with van der Waals surface area (Å²) >= 11 is 0. The van der Waals surface area contributed by atoms with Crippen LogP contribution in [0.15, 0.2) is 55.1 Å². The number of hydrogen-bond donors (Lipinski definition) is 3. The topological polar surface area (TPSA) is 159 Å². The van der Waals surface area contributed by atoms with E-state index in [2.05, 4.69) is 51.7 Å². The number of nitrogens with one attached hydrogen (secondary N) is 2. The van der Waals surface area contributed by atoms with Crippen molar-refractivity contribution in [3.05, 3.63) is 72.1 Å². The van der Waals surface area contributed by atoms with Crippen molar-refractivity contribution in [3.63, 3.8) is 0 Å². The number of aliphatic carboxylic acids is 1. The van der Waals surface area contributed by atoms with Gasteiger partial charge < -0.3 is 20.4 Å². The first-order chi connectivity index (χ1) is 24.2. The average molecular weight is 687 g/mol. The van der Waals surface area contributed by atoms with Gasteiger partial charge in [0.15, 0.2) is 11.5 Å². The Labute approximate surface area is 281 Å². The number of carboxylic acids is 1. The third-order valence-corrected chi connectivity index (χ3v) is 9.56. The molecule has 0 aliphatic carbocycles. The van der Waals surface area contributed by atoms with Crippen LogP contribution in [0, 0.1) is 0 Å². The summed E-state index contributed by atoms with van der Waals surface area (Å²) in [4.78, 5) is 21.6. The Morgan fingerprint density at radius 1 is 0.900 bits per heavy atom. The molecule has 9 rings (SSSR count). The lowest BCUT2D eigenvalue weighted by molar-refractivity contribution is -0.137. The van der Waals surface area contributed by atoms with Gasteiger partial charge in [-0.25, -0.2) is 19.2 Å². The van der Waals surface area contributed by atoms with Gasteiger partial charge in [0.05, 0.1) is 17.0 Å². The van der Waals surface area contributed by atoms with Gasteiger partial charge in [0.2, 0.25) is 0 Å². The fourth-order valence-electron chi connectivity index (χ4n) is 7.19. The van der Waals surface area contributed by atoms with Crippen LogP contribution in [0.4, 0.5) is 13.2 Å². The number of alkyl halides is 3. The van der Waals surface area contributed by atoms with E-state index >= 15 is 0 Å². The number of H-pyrrole nitrogens is 1. The molecule has 2 saturated heterocycles. The van der Waals surface area contributed by atoms with Crippen molar-refractivity contribution >= 4 is 39.1 Å². The highest BCUT2D eigenvalue weighted by atomic mass is 19.4. The zero-order valence-corrected chi connectivity index (χ0v) is 27.0. The number of hydrogen-bond acceptors (Lipinski definition) is 9. The van der Waals surface area contributed by atoms with Crippen molar-refractivity contribution < 1.29 is 23.1 Å². The van der Waals surface area contributed by atoms with Gasteiger partial charge in [-0.1, -0.05) is 22.6 Å². The Bertz CT molecular complexity index is 2320. The number of rotatable bonds is 4. The Balaban J connectivity index is 0.000000859. The summed E-state index contributed by atoms with van der Waals surface area (Å²) in [6.07, 6.45) is 4.77. The number of aromatic nitrogens is 10. The van der Waals surface area contributed by atoms with Crippen LogP contribution < -0.4 is 10.3 Å². The van der Waals surface area contributed by atoms with E-state index in [1.165, 1.54) is 12.1 Å². The molecule has 0 radical (unpaired) electrons. The van der Waals surface area contributed by atoms with Gasteiger partial charge >= 0.3 is 6.18 Å². The fourth-order valence-corrected chi connectivity index (χ4v) is 7.19. The van der Waals surface area contributed by atoms with Crippen LogP contribution in [0.1, 0.15) is 61.4 Å². The predicted molar refractivity (Wildman–Crippen MR) is 177 cm³/mol. The van der Waals surface area contributed by atoms with Crippen LogP contribution in [0.2, 0.25) is 0 Å². The van der Waals surface area contributed by atoms with Gasteiger partial charge in [0.25, 0.3) is 5.97 Å². The molecule has 7 aromatic rings. The van der Waals surface area contributed by atoms with Crippen LogP contribution in [0.3, 0.4) is 0 Å². The number of halogens is 3. The molecule has 0 unspecified atom stereocenters. The van der Waals surface area contributed by atoms with Gasteiger partial charge in [-0.05, 0) is 63.0 Å². The molecule has 0 spiro atoms. The molecule has 2 aliphatic rings. The van der Waals surface area contributed by atoms with E-state index in [1.807, 2.05) is 18.5 Å². The summed E-state index contributed by atoms with van der Waals surface area (Å²) in [5.74, 6) is 0.0753. The third kappa shape index (κ3) is 5.56. The lowest BCUT2D eigenvalue weighted by Gasteiger charge is -2.33. The first-order valence-corrected chi connectivity index (χ1v) is 16.4. The molecule has 17 heteroatoms. The van der Waals surface area contributed by atoms with E-state index in [4.69, 9.17) is 14.9 Å². The minimum absolute atomic E-state index is 0.226. The molecule has 2 fully saturated rings. The molecule has 8 heterocycles. The summed E-state index contributed by atoms with van der Waals surface area (Å²) in [5, 5.41) is 33.1. The molecule has 258 valence electrons. The zero-order chi connectivity index (χ0) is 34.6. The molecule has 0 amide bonds. The second kappa shape index (κ2) is 12.4. The summed E-state index contributed by atoms with van der Waals surface area (Å²) < 4.78 is 45.7. The normalized spacial score (nSPS) is 16.4. The molecule has 50 heavy (non-hydrogen) atoms. The Hall–Kier alpha value is -5.58. The number of aromatic amines is 1. The number of fused-ring (bicyclic) bond motifs is 6. The highest BCUT2D eigenvalue weighted by Crippen LogP contribution is 2.36. The van der Waals surface area contributed by atoms with Crippen molar-refractivity contribution in [2.45, 2.75) is 50.6 Å². The van der Waals surface area contributed by atoms with Crippen molar-refractivity contribution in [3.8, 4) is 11.4 Å². The standard InChI is InChI=1S/C31H29F3N12.C2H4O2/c32-31(33,34)21-3-1-20(2-4-21)29-38-30-23(27-25(40-42-46(27)29)18-5-11-35-12-6-18)10-16-45(30)43-14-8-19(9-15-43)24-26-22-7-13-36-28(22)37-17-44(26)41-39-24;1-2(3)4/h1-4,7,10,13,16-19,35-36H,5-6,8-9,11-12,14-15H2;1H3,(H,3,4). The van der Waals surface area contributed by atoms with Gasteiger partial charge in [-0.15, -0.1) is 10.2 Å². The highest BCUT2D eigenvalue weighted by Gasteiger charge is 2.32. The quantitative estimate of drug-likeness (QED) is 0.236. The van der Waals surface area contributed by atoms with Crippen molar-refractivity contribution in [1.29, 1.82) is 0 Å². The van der Waals surface area contributed by atoms with Crippen LogP contribution >= 0.6 is 0 Å². The number of carbonyl (C=O) groups is 1. The molecule has 2 aliphatic heterocycles. The van der Waals surface area contributed by atoms with Crippen molar-refractivity contribution in [2.75, 3.05) is 31.2 Å². The van der Waals surface area contributed by atoms with Gasteiger partial charge in [0.1, 0.15) is 23.0 Å². The summed E-state index contributed by atoms with van der Waals surface area (Å²) in [6, 6.07) is 9.16. The molecule has 0 bridgehead atoms. The lowest BCUT2D eigenvalue weighted by Crippen LogP contribution is -2.41. The van der Waals surface area contributed by atoms with E-state index < -0.39 is 17.7 Å². The summed E-state index contributed by atoms with van der Waals surface area (Å²) in [5.41, 5.74) is 5.11. The summed E-state index contributed by atoms with van der Waals surface area (Å²) in [7, 11) is 0. The monoisotopic (exact) mass is 686 g/mol. The molecule has 0 atom stereocenters. The smallest absolute Gasteiger partial charge is 0.416 e. The number of benzene rings is 1. The first kappa shape index (κ1) is 31.7. The van der Waals surface area contributed by atoms with Crippen LogP contribution in [-0.4, -0.2) is 86.5 Å². The fraction of sp³-hybridized carbons (Fsp3) is 0.364. The minimum atomic E-state index is -4.43. The summed E-state index contributed by atoms with van der Waals surface area (Å²) in [6.45, 7) is 4.40. The number of nitrogens with zero attached hydrogens (tertiary/aromatic N) is 10. The first-order valence-electron chi connectivity index (χ1n) is 16.4. The predicted octanol–water partition coefficient (Wildman–Crippen LogP) is 4.76. The zero-order valence-electron chi connectivity index (χ0n) is 27.0. The maximum atomic E-state index is 13.4. The number of piperidine rings is 2. The average Bonchev–Trinajstić information content (AvgIpc) is 3.92. The largest absolute Gasteiger partial charge is 0.481 e. The van der Waals surface area contributed by atoms with Crippen molar-refractivity contribution in [1.82, 2.24) is 54.6 Å². The van der Waals surface area contributed by atoms with E-state index in [0.29, 0.717) is 11.4 Å². The SMILES string of the molecule is CC(=O)O.FC(F)(F)c1ccc(-c2nc3c(ccn3N3CCC(c4nnn5cnc6[nH]ccc6c45)CC3)c3c(C4CCNCC4)nnn23)cc1. The Morgan fingerprint density at radius 2 is 1.58 bits per heavy atom.